The lowest BCUT2D eigenvalue weighted by molar-refractivity contribution is -0.144. The van der Waals surface area contributed by atoms with Gasteiger partial charge in [-0.05, 0) is 46.0 Å². The molecule has 0 saturated carbocycles. The quantitative estimate of drug-likeness (QED) is 0.275. The maximum absolute atomic E-state index is 11.5. The molecule has 0 unspecified atom stereocenters. The summed E-state index contributed by atoms with van der Waals surface area (Å²) in [5.74, 6) is -2.31. The van der Waals surface area contributed by atoms with E-state index in [1.165, 1.54) is 0 Å². The van der Waals surface area contributed by atoms with Crippen LogP contribution in [0.25, 0.3) is 0 Å². The fourth-order valence-electron chi connectivity index (χ4n) is 1.94. The molecule has 0 heterocycles. The van der Waals surface area contributed by atoms with Gasteiger partial charge in [0.15, 0.2) is 0 Å². The largest absolute Gasteiger partial charge is 0.480 e. The van der Waals surface area contributed by atoms with E-state index in [1.807, 2.05) is 0 Å². The van der Waals surface area contributed by atoms with Crippen LogP contribution in [0.5, 0.6) is 0 Å². The number of hydrazine groups is 1. The van der Waals surface area contributed by atoms with Crippen molar-refractivity contribution >= 4 is 18.0 Å². The normalized spacial score (nSPS) is 14.0. The Morgan fingerprint density at radius 2 is 1.60 bits per heavy atom. The molecule has 0 radical (unpaired) electrons. The van der Waals surface area contributed by atoms with Crippen molar-refractivity contribution in [3.05, 3.63) is 0 Å². The summed E-state index contributed by atoms with van der Waals surface area (Å²) in [5, 5.41) is 20.9. The van der Waals surface area contributed by atoms with Crippen LogP contribution in [0.1, 0.15) is 53.9 Å². The van der Waals surface area contributed by atoms with Crippen LogP contribution in [-0.4, -0.2) is 52.5 Å². The molecule has 9 nitrogen and oxygen atoms in total. The molecule has 0 aliphatic rings. The molecule has 0 aromatic rings. The summed E-state index contributed by atoms with van der Waals surface area (Å²) in [6.45, 7) is 9.13. The first-order valence-corrected chi connectivity index (χ1v) is 8.37. The summed E-state index contributed by atoms with van der Waals surface area (Å²) in [4.78, 5) is 33.8. The second kappa shape index (κ2) is 10.9. The van der Waals surface area contributed by atoms with E-state index in [1.54, 1.807) is 34.6 Å². The van der Waals surface area contributed by atoms with Crippen molar-refractivity contribution in [2.75, 3.05) is 6.54 Å². The summed E-state index contributed by atoms with van der Waals surface area (Å²) < 4.78 is 5.09. The number of carbonyl (C=O) groups excluding carboxylic acids is 1. The van der Waals surface area contributed by atoms with E-state index in [9.17, 15) is 19.5 Å². The molecule has 25 heavy (non-hydrogen) atoms. The van der Waals surface area contributed by atoms with Gasteiger partial charge in [0.2, 0.25) is 0 Å². The molecule has 9 heteroatoms. The highest BCUT2D eigenvalue weighted by Gasteiger charge is 2.24. The number of alkyl carbamates (subject to hydrolysis) is 1. The lowest BCUT2D eigenvalue weighted by Gasteiger charge is -2.22. The molecule has 0 spiro atoms. The topological polar surface area (TPSA) is 137 Å². The number of carboxylic acids is 2. The monoisotopic (exact) mass is 361 g/mol. The number of amides is 1. The third-order valence-electron chi connectivity index (χ3n) is 3.23. The number of rotatable bonds is 11. The van der Waals surface area contributed by atoms with Gasteiger partial charge in [-0.15, -0.1) is 0 Å². The van der Waals surface area contributed by atoms with Crippen molar-refractivity contribution in [2.24, 2.45) is 5.92 Å². The predicted octanol–water partition coefficient (Wildman–Crippen LogP) is 1.34. The van der Waals surface area contributed by atoms with Crippen LogP contribution in [0.2, 0.25) is 0 Å². The Kier molecular flexibility index (Phi) is 10.1. The summed E-state index contributed by atoms with van der Waals surface area (Å²) in [6, 6.07) is -1.79. The zero-order valence-electron chi connectivity index (χ0n) is 15.6. The number of carbonyl (C=O) groups is 3. The Hall–Kier alpha value is -1.87. The third kappa shape index (κ3) is 11.3. The van der Waals surface area contributed by atoms with Crippen LogP contribution in [-0.2, 0) is 14.3 Å². The maximum atomic E-state index is 11.5. The van der Waals surface area contributed by atoms with Crippen LogP contribution in [0.3, 0.4) is 0 Å². The van der Waals surface area contributed by atoms with Crippen LogP contribution >= 0.6 is 0 Å². The second-order valence-electron chi connectivity index (χ2n) is 7.16. The number of hydrogen-bond acceptors (Lipinski definition) is 6. The Labute approximate surface area is 148 Å². The maximum Gasteiger partial charge on any atom is 0.407 e. The van der Waals surface area contributed by atoms with Gasteiger partial charge in [-0.25, -0.2) is 15.6 Å². The molecule has 0 aromatic heterocycles. The smallest absolute Gasteiger partial charge is 0.407 e. The van der Waals surface area contributed by atoms with Gasteiger partial charge in [0.25, 0.3) is 0 Å². The van der Waals surface area contributed by atoms with Gasteiger partial charge < -0.3 is 20.3 Å². The van der Waals surface area contributed by atoms with E-state index in [-0.39, 0.29) is 5.92 Å². The average Bonchev–Trinajstić information content (AvgIpc) is 2.41. The second-order valence-corrected chi connectivity index (χ2v) is 7.16. The first-order valence-electron chi connectivity index (χ1n) is 8.37. The Morgan fingerprint density at radius 1 is 1.00 bits per heavy atom. The standard InChI is InChI=1S/C16H31N3O6/c1-10(2)12(14(22)23)19-18-11(13(20)21)8-6-7-9-17-15(24)25-16(3,4)5/h10-12,18-19H,6-9H2,1-5H3,(H,17,24)(H,20,21)(H,22,23)/t11-,12-/m0/s1. The van der Waals surface area contributed by atoms with Crippen molar-refractivity contribution in [3.8, 4) is 0 Å². The van der Waals surface area contributed by atoms with E-state index in [2.05, 4.69) is 16.2 Å². The Morgan fingerprint density at radius 3 is 2.04 bits per heavy atom. The molecule has 2 atom stereocenters. The SMILES string of the molecule is CC(C)[C@H](NN[C@@H](CCCCNC(=O)OC(C)(C)C)C(=O)O)C(=O)O. The predicted molar refractivity (Wildman–Crippen MR) is 92.0 cm³/mol. The van der Waals surface area contributed by atoms with Gasteiger partial charge in [-0.1, -0.05) is 13.8 Å². The highest BCUT2D eigenvalue weighted by molar-refractivity contribution is 5.75. The van der Waals surface area contributed by atoms with Gasteiger partial charge in [0.05, 0.1) is 0 Å². The Bertz CT molecular complexity index is 448. The minimum absolute atomic E-state index is 0.197. The van der Waals surface area contributed by atoms with Gasteiger partial charge in [0.1, 0.15) is 17.7 Å². The molecule has 0 aliphatic carbocycles. The zero-order chi connectivity index (χ0) is 19.6. The number of carboxylic acid groups (broad SMARTS) is 2. The molecule has 5 N–H and O–H groups in total. The number of nitrogens with one attached hydrogen (secondary N) is 3. The number of unbranched alkanes of at least 4 members (excludes halogenated alkanes) is 1. The average molecular weight is 361 g/mol. The molecular weight excluding hydrogens is 330 g/mol. The van der Waals surface area contributed by atoms with E-state index in [0.717, 1.165) is 0 Å². The van der Waals surface area contributed by atoms with Gasteiger partial charge >= 0.3 is 18.0 Å². The summed E-state index contributed by atoms with van der Waals surface area (Å²) in [5.41, 5.74) is 4.57. The van der Waals surface area contributed by atoms with Crippen LogP contribution < -0.4 is 16.2 Å². The Balaban J connectivity index is 4.15. The highest BCUT2D eigenvalue weighted by atomic mass is 16.6. The number of aliphatic carboxylic acids is 2. The van der Waals surface area contributed by atoms with Gasteiger partial charge in [-0.3, -0.25) is 9.59 Å². The first kappa shape index (κ1) is 23.1. The molecular formula is C16H31N3O6. The van der Waals surface area contributed by atoms with Crippen LogP contribution in [0, 0.1) is 5.92 Å². The lowest BCUT2D eigenvalue weighted by atomic mass is 10.1. The highest BCUT2D eigenvalue weighted by Crippen LogP contribution is 2.07. The minimum Gasteiger partial charge on any atom is -0.480 e. The van der Waals surface area contributed by atoms with Crippen molar-refractivity contribution in [3.63, 3.8) is 0 Å². The lowest BCUT2D eigenvalue weighted by Crippen LogP contribution is -2.54. The molecule has 0 bridgehead atoms. The van der Waals surface area contributed by atoms with E-state index in [0.29, 0.717) is 25.8 Å². The molecule has 0 saturated heterocycles. The van der Waals surface area contributed by atoms with E-state index < -0.39 is 35.7 Å². The van der Waals surface area contributed by atoms with E-state index >= 15 is 0 Å². The minimum atomic E-state index is -1.07. The summed E-state index contributed by atoms with van der Waals surface area (Å²) >= 11 is 0. The summed E-state index contributed by atoms with van der Waals surface area (Å²) in [7, 11) is 0. The number of hydrogen-bond donors (Lipinski definition) is 5. The molecule has 0 rings (SSSR count). The first-order chi connectivity index (χ1) is 11.4. The zero-order valence-corrected chi connectivity index (χ0v) is 15.6. The van der Waals surface area contributed by atoms with Crippen LogP contribution in [0.4, 0.5) is 4.79 Å². The van der Waals surface area contributed by atoms with Crippen molar-refractivity contribution in [1.82, 2.24) is 16.2 Å². The molecule has 0 aliphatic heterocycles. The van der Waals surface area contributed by atoms with E-state index in [4.69, 9.17) is 9.84 Å². The van der Waals surface area contributed by atoms with Crippen molar-refractivity contribution < 1.29 is 29.3 Å². The molecule has 146 valence electrons. The van der Waals surface area contributed by atoms with Gasteiger partial charge in [0, 0.05) is 6.54 Å². The van der Waals surface area contributed by atoms with Crippen molar-refractivity contribution in [1.29, 1.82) is 0 Å². The van der Waals surface area contributed by atoms with Crippen molar-refractivity contribution in [2.45, 2.75) is 71.6 Å². The molecule has 1 amide bonds. The molecule has 0 aromatic carbocycles. The fraction of sp³-hybridized carbons (Fsp3) is 0.812. The molecule has 0 fully saturated rings. The third-order valence-corrected chi connectivity index (χ3v) is 3.23. The fourth-order valence-corrected chi connectivity index (χ4v) is 1.94. The summed E-state index contributed by atoms with van der Waals surface area (Å²) in [6.07, 6.45) is 0.907. The van der Waals surface area contributed by atoms with Crippen LogP contribution in [0.15, 0.2) is 0 Å². The number of ether oxygens (including phenoxy) is 1. The van der Waals surface area contributed by atoms with Gasteiger partial charge in [-0.2, -0.15) is 0 Å².